The molecule has 0 radical (unpaired) electrons. The Bertz CT molecular complexity index is 129. The molecule has 1 aliphatic rings. The van der Waals surface area contributed by atoms with Gasteiger partial charge < -0.3 is 5.32 Å². The van der Waals surface area contributed by atoms with Crippen LogP contribution in [0, 0.1) is 5.92 Å². The standard InChI is InChI=1S/C12H25N/c1-4-10-8-7-9-12(10)13-11(5-2)6-3/h10-13H,4-9H2,1-3H3. The number of hydrogen-bond acceptors (Lipinski definition) is 1. The van der Waals surface area contributed by atoms with Crippen LogP contribution in [0.1, 0.15) is 59.3 Å². The first kappa shape index (κ1) is 11.0. The highest BCUT2D eigenvalue weighted by molar-refractivity contribution is 4.84. The molecule has 0 bridgehead atoms. The van der Waals surface area contributed by atoms with Crippen molar-refractivity contribution in [2.24, 2.45) is 5.92 Å². The zero-order valence-corrected chi connectivity index (χ0v) is 9.47. The van der Waals surface area contributed by atoms with Gasteiger partial charge in [0.25, 0.3) is 0 Å². The van der Waals surface area contributed by atoms with Crippen molar-refractivity contribution in [1.82, 2.24) is 5.32 Å². The Morgan fingerprint density at radius 3 is 2.38 bits per heavy atom. The van der Waals surface area contributed by atoms with Gasteiger partial charge in [-0.3, -0.25) is 0 Å². The van der Waals surface area contributed by atoms with Crippen molar-refractivity contribution in [3.63, 3.8) is 0 Å². The lowest BCUT2D eigenvalue weighted by atomic mass is 9.99. The third kappa shape index (κ3) is 2.98. The van der Waals surface area contributed by atoms with Gasteiger partial charge in [0.1, 0.15) is 0 Å². The lowest BCUT2D eigenvalue weighted by molar-refractivity contribution is 0.337. The van der Waals surface area contributed by atoms with Crippen LogP contribution in [-0.2, 0) is 0 Å². The predicted molar refractivity (Wildman–Crippen MR) is 58.9 cm³/mol. The molecule has 0 spiro atoms. The van der Waals surface area contributed by atoms with Crippen LogP contribution in [0.15, 0.2) is 0 Å². The minimum absolute atomic E-state index is 0.761. The first-order valence-corrected chi connectivity index (χ1v) is 6.07. The summed E-state index contributed by atoms with van der Waals surface area (Å²) in [6.07, 6.45) is 8.23. The van der Waals surface area contributed by atoms with Crippen LogP contribution in [0.3, 0.4) is 0 Å². The molecule has 0 amide bonds. The van der Waals surface area contributed by atoms with Crippen molar-refractivity contribution in [3.8, 4) is 0 Å². The molecule has 2 atom stereocenters. The summed E-state index contributed by atoms with van der Waals surface area (Å²) in [5, 5.41) is 3.82. The Morgan fingerprint density at radius 1 is 1.15 bits per heavy atom. The number of rotatable bonds is 5. The van der Waals surface area contributed by atoms with E-state index in [1.807, 2.05) is 0 Å². The lowest BCUT2D eigenvalue weighted by Crippen LogP contribution is -2.39. The maximum Gasteiger partial charge on any atom is 0.00978 e. The smallest absolute Gasteiger partial charge is 0.00978 e. The molecule has 1 saturated carbocycles. The van der Waals surface area contributed by atoms with Crippen molar-refractivity contribution in [2.45, 2.75) is 71.4 Å². The van der Waals surface area contributed by atoms with Crippen LogP contribution in [0.4, 0.5) is 0 Å². The normalized spacial score (nSPS) is 28.6. The van der Waals surface area contributed by atoms with Gasteiger partial charge in [0, 0.05) is 12.1 Å². The van der Waals surface area contributed by atoms with E-state index in [9.17, 15) is 0 Å². The first-order valence-electron chi connectivity index (χ1n) is 6.07. The topological polar surface area (TPSA) is 12.0 Å². The summed E-state index contributed by atoms with van der Waals surface area (Å²) in [5.41, 5.74) is 0. The summed E-state index contributed by atoms with van der Waals surface area (Å²) >= 11 is 0. The second-order valence-electron chi connectivity index (χ2n) is 4.39. The minimum Gasteiger partial charge on any atom is -0.311 e. The Labute approximate surface area is 83.3 Å². The fourth-order valence-corrected chi connectivity index (χ4v) is 2.57. The molecule has 1 fully saturated rings. The van der Waals surface area contributed by atoms with E-state index in [1.54, 1.807) is 0 Å². The van der Waals surface area contributed by atoms with Gasteiger partial charge in [-0.25, -0.2) is 0 Å². The third-order valence-electron chi connectivity index (χ3n) is 3.62. The number of hydrogen-bond donors (Lipinski definition) is 1. The van der Waals surface area contributed by atoms with Crippen LogP contribution in [-0.4, -0.2) is 12.1 Å². The van der Waals surface area contributed by atoms with E-state index in [0.29, 0.717) is 0 Å². The van der Waals surface area contributed by atoms with Gasteiger partial charge in [-0.2, -0.15) is 0 Å². The first-order chi connectivity index (χ1) is 6.31. The fourth-order valence-electron chi connectivity index (χ4n) is 2.57. The summed E-state index contributed by atoms with van der Waals surface area (Å²) in [6, 6.07) is 1.59. The van der Waals surface area contributed by atoms with Gasteiger partial charge in [-0.05, 0) is 31.6 Å². The summed E-state index contributed by atoms with van der Waals surface area (Å²) in [5.74, 6) is 0.959. The Hall–Kier alpha value is -0.0400. The Kier molecular flexibility index (Phi) is 4.79. The molecule has 0 heterocycles. The van der Waals surface area contributed by atoms with Gasteiger partial charge in [0.15, 0.2) is 0 Å². The molecule has 13 heavy (non-hydrogen) atoms. The molecule has 0 aromatic carbocycles. The van der Waals surface area contributed by atoms with E-state index in [-0.39, 0.29) is 0 Å². The molecule has 2 unspecified atom stereocenters. The molecule has 78 valence electrons. The average Bonchev–Trinajstić information content (AvgIpc) is 2.61. The van der Waals surface area contributed by atoms with E-state index < -0.39 is 0 Å². The van der Waals surface area contributed by atoms with Crippen LogP contribution in [0.5, 0.6) is 0 Å². The molecule has 0 aliphatic heterocycles. The molecule has 1 rings (SSSR count). The third-order valence-corrected chi connectivity index (χ3v) is 3.62. The van der Waals surface area contributed by atoms with E-state index in [4.69, 9.17) is 0 Å². The molecular formula is C12H25N. The highest BCUT2D eigenvalue weighted by atomic mass is 15.0. The Morgan fingerprint density at radius 2 is 1.85 bits per heavy atom. The van der Waals surface area contributed by atoms with Crippen LogP contribution in [0.2, 0.25) is 0 Å². The second kappa shape index (κ2) is 5.64. The molecule has 0 aromatic rings. The predicted octanol–water partition coefficient (Wildman–Crippen LogP) is 3.34. The van der Waals surface area contributed by atoms with Crippen LogP contribution < -0.4 is 5.32 Å². The lowest BCUT2D eigenvalue weighted by Gasteiger charge is -2.25. The molecule has 1 N–H and O–H groups in total. The molecule has 1 heteroatoms. The van der Waals surface area contributed by atoms with Crippen molar-refractivity contribution >= 4 is 0 Å². The second-order valence-corrected chi connectivity index (χ2v) is 4.39. The zero-order chi connectivity index (χ0) is 9.68. The zero-order valence-electron chi connectivity index (χ0n) is 9.47. The largest absolute Gasteiger partial charge is 0.311 e. The minimum atomic E-state index is 0.761. The van der Waals surface area contributed by atoms with Crippen molar-refractivity contribution < 1.29 is 0 Å². The highest BCUT2D eigenvalue weighted by Crippen LogP contribution is 2.28. The van der Waals surface area contributed by atoms with Crippen molar-refractivity contribution in [2.75, 3.05) is 0 Å². The van der Waals surface area contributed by atoms with Crippen LogP contribution in [0.25, 0.3) is 0 Å². The van der Waals surface area contributed by atoms with E-state index in [1.165, 1.54) is 38.5 Å². The average molecular weight is 183 g/mol. The van der Waals surface area contributed by atoms with Gasteiger partial charge in [-0.1, -0.05) is 33.6 Å². The SMILES string of the molecule is CCC(CC)NC1CCCC1CC. The van der Waals surface area contributed by atoms with Crippen molar-refractivity contribution in [1.29, 1.82) is 0 Å². The highest BCUT2D eigenvalue weighted by Gasteiger charge is 2.26. The van der Waals surface area contributed by atoms with Gasteiger partial charge in [0.2, 0.25) is 0 Å². The summed E-state index contributed by atoms with van der Waals surface area (Å²) in [4.78, 5) is 0. The molecule has 1 nitrogen and oxygen atoms in total. The fraction of sp³-hybridized carbons (Fsp3) is 1.00. The summed E-state index contributed by atoms with van der Waals surface area (Å²) < 4.78 is 0. The van der Waals surface area contributed by atoms with Crippen LogP contribution >= 0.6 is 0 Å². The summed E-state index contributed by atoms with van der Waals surface area (Å²) in [6.45, 7) is 6.91. The molecule has 0 saturated heterocycles. The van der Waals surface area contributed by atoms with Gasteiger partial charge in [0.05, 0.1) is 0 Å². The van der Waals surface area contributed by atoms with Gasteiger partial charge in [-0.15, -0.1) is 0 Å². The molecular weight excluding hydrogens is 158 g/mol. The van der Waals surface area contributed by atoms with E-state index in [2.05, 4.69) is 26.1 Å². The van der Waals surface area contributed by atoms with E-state index >= 15 is 0 Å². The number of nitrogens with one attached hydrogen (secondary N) is 1. The molecule has 0 aromatic heterocycles. The maximum atomic E-state index is 3.82. The monoisotopic (exact) mass is 183 g/mol. The maximum absolute atomic E-state index is 3.82. The van der Waals surface area contributed by atoms with Crippen molar-refractivity contribution in [3.05, 3.63) is 0 Å². The molecule has 1 aliphatic carbocycles. The quantitative estimate of drug-likeness (QED) is 0.689. The summed E-state index contributed by atoms with van der Waals surface area (Å²) in [7, 11) is 0. The van der Waals surface area contributed by atoms with E-state index in [0.717, 1.165) is 18.0 Å². The Balaban J connectivity index is 2.33. The van der Waals surface area contributed by atoms with Gasteiger partial charge >= 0.3 is 0 Å².